The molecule has 2 N–H and O–H groups in total. The molecule has 0 aliphatic rings. The first-order valence-corrected chi connectivity index (χ1v) is 8.91. The Balaban J connectivity index is 2.25. The van der Waals surface area contributed by atoms with Gasteiger partial charge in [-0.1, -0.05) is 81.1 Å². The smallest absolute Gasteiger partial charge is 0.251 e. The highest BCUT2D eigenvalue weighted by Crippen LogP contribution is 2.29. The van der Waals surface area contributed by atoms with Crippen LogP contribution in [0.5, 0.6) is 0 Å². The average Bonchev–Trinajstić information content (AvgIpc) is 2.59. The predicted octanol–water partition coefficient (Wildman–Crippen LogP) is 3.58. The van der Waals surface area contributed by atoms with E-state index < -0.39 is 12.1 Å². The van der Waals surface area contributed by atoms with Crippen LogP contribution in [-0.4, -0.2) is 27.0 Å². The monoisotopic (exact) mass is 357 g/mol. The Labute approximate surface area is 152 Å². The third kappa shape index (κ3) is 5.73. The van der Waals surface area contributed by atoms with Crippen molar-refractivity contribution in [3.05, 3.63) is 71.8 Å². The summed E-state index contributed by atoms with van der Waals surface area (Å²) in [7, 11) is 0. The van der Waals surface area contributed by atoms with Gasteiger partial charge in [0.05, 0.1) is 6.04 Å². The largest absolute Gasteiger partial charge is 0.382 e. The van der Waals surface area contributed by atoms with Crippen molar-refractivity contribution in [2.75, 3.05) is 0 Å². The molecule has 25 heavy (non-hydrogen) atoms. The van der Waals surface area contributed by atoms with Crippen molar-refractivity contribution in [1.82, 2.24) is 5.32 Å². The second-order valence-electron chi connectivity index (χ2n) is 6.71. The molecule has 0 saturated carbocycles. The standard InChI is InChI=1S/C20H23NO3S/c1-20(2,3)25-19(24)17(22)16(14-10-6-4-7-11-14)21-18(23)15-12-8-5-9-13-15/h4-13,16-17,22H,1-3H3,(H,21,23)/t16-,17+/m0/s1. The van der Waals surface area contributed by atoms with Crippen molar-refractivity contribution in [2.45, 2.75) is 37.7 Å². The van der Waals surface area contributed by atoms with Crippen molar-refractivity contribution in [3.8, 4) is 0 Å². The first-order chi connectivity index (χ1) is 11.8. The van der Waals surface area contributed by atoms with E-state index in [1.807, 2.05) is 45.0 Å². The van der Waals surface area contributed by atoms with Gasteiger partial charge in [0.15, 0.2) is 0 Å². The highest BCUT2D eigenvalue weighted by Gasteiger charge is 2.32. The van der Waals surface area contributed by atoms with E-state index >= 15 is 0 Å². The number of amides is 1. The number of hydrogen-bond acceptors (Lipinski definition) is 4. The zero-order valence-corrected chi connectivity index (χ0v) is 15.4. The molecule has 0 aliphatic heterocycles. The maximum atomic E-state index is 12.5. The van der Waals surface area contributed by atoms with Gasteiger partial charge in [-0.2, -0.15) is 0 Å². The molecule has 0 fully saturated rings. The van der Waals surface area contributed by atoms with Crippen LogP contribution in [0.25, 0.3) is 0 Å². The van der Waals surface area contributed by atoms with Crippen LogP contribution in [0.4, 0.5) is 0 Å². The van der Waals surface area contributed by atoms with Crippen LogP contribution in [0.1, 0.15) is 42.7 Å². The zero-order chi connectivity index (χ0) is 18.4. The molecule has 1 amide bonds. The fraction of sp³-hybridized carbons (Fsp3) is 0.300. The first-order valence-electron chi connectivity index (χ1n) is 8.10. The van der Waals surface area contributed by atoms with E-state index in [0.29, 0.717) is 11.1 Å². The van der Waals surface area contributed by atoms with Gasteiger partial charge in [-0.05, 0) is 17.7 Å². The van der Waals surface area contributed by atoms with Gasteiger partial charge in [0.1, 0.15) is 6.10 Å². The lowest BCUT2D eigenvalue weighted by molar-refractivity contribution is -0.119. The molecule has 0 saturated heterocycles. The van der Waals surface area contributed by atoms with Gasteiger partial charge >= 0.3 is 0 Å². The maximum Gasteiger partial charge on any atom is 0.251 e. The van der Waals surface area contributed by atoms with Gasteiger partial charge in [-0.3, -0.25) is 9.59 Å². The predicted molar refractivity (Wildman–Crippen MR) is 101 cm³/mol. The fourth-order valence-corrected chi connectivity index (χ4v) is 3.18. The van der Waals surface area contributed by atoms with E-state index in [-0.39, 0.29) is 15.8 Å². The summed E-state index contributed by atoms with van der Waals surface area (Å²) >= 11 is 1.07. The molecular formula is C20H23NO3S. The third-order valence-electron chi connectivity index (χ3n) is 3.45. The lowest BCUT2D eigenvalue weighted by Crippen LogP contribution is -2.40. The Morgan fingerprint density at radius 3 is 2.00 bits per heavy atom. The van der Waals surface area contributed by atoms with Crippen LogP contribution in [0.15, 0.2) is 60.7 Å². The lowest BCUT2D eigenvalue weighted by Gasteiger charge is -2.26. The van der Waals surface area contributed by atoms with Gasteiger partial charge in [-0.15, -0.1) is 0 Å². The number of carbonyl (C=O) groups is 2. The Hall–Kier alpha value is -2.11. The van der Waals surface area contributed by atoms with E-state index in [1.54, 1.807) is 36.4 Å². The summed E-state index contributed by atoms with van der Waals surface area (Å²) < 4.78 is -0.317. The molecule has 0 bridgehead atoms. The van der Waals surface area contributed by atoms with Crippen molar-refractivity contribution >= 4 is 22.8 Å². The van der Waals surface area contributed by atoms with Crippen LogP contribution < -0.4 is 5.32 Å². The van der Waals surface area contributed by atoms with Crippen molar-refractivity contribution in [1.29, 1.82) is 0 Å². The molecule has 0 aromatic heterocycles. The number of nitrogens with one attached hydrogen (secondary N) is 1. The van der Waals surface area contributed by atoms with Crippen LogP contribution in [0, 0.1) is 0 Å². The molecule has 0 aliphatic carbocycles. The fourth-order valence-electron chi connectivity index (χ4n) is 2.32. The Morgan fingerprint density at radius 2 is 1.48 bits per heavy atom. The third-order valence-corrected chi connectivity index (χ3v) is 4.50. The zero-order valence-electron chi connectivity index (χ0n) is 14.6. The minimum Gasteiger partial charge on any atom is -0.382 e. The van der Waals surface area contributed by atoms with E-state index in [4.69, 9.17) is 0 Å². The summed E-state index contributed by atoms with van der Waals surface area (Å²) in [6.45, 7) is 5.72. The number of hydrogen-bond donors (Lipinski definition) is 2. The SMILES string of the molecule is CC(C)(C)SC(=O)[C@H](O)[C@@H](NC(=O)c1ccccc1)c1ccccc1. The molecule has 0 heterocycles. The van der Waals surface area contributed by atoms with Crippen LogP contribution in [0.3, 0.4) is 0 Å². The molecular weight excluding hydrogens is 334 g/mol. The molecule has 2 atom stereocenters. The molecule has 2 aromatic rings. The van der Waals surface area contributed by atoms with Gasteiger partial charge < -0.3 is 10.4 Å². The highest BCUT2D eigenvalue weighted by atomic mass is 32.2. The minimum atomic E-state index is -1.33. The average molecular weight is 357 g/mol. The Morgan fingerprint density at radius 1 is 0.960 bits per heavy atom. The molecule has 5 heteroatoms. The van der Waals surface area contributed by atoms with Gasteiger partial charge in [-0.25, -0.2) is 0 Å². The van der Waals surface area contributed by atoms with Crippen molar-refractivity contribution < 1.29 is 14.7 Å². The minimum absolute atomic E-state index is 0.317. The second-order valence-corrected chi connectivity index (χ2v) is 8.54. The maximum absolute atomic E-state index is 12.5. The normalized spacial score (nSPS) is 13.8. The summed E-state index contributed by atoms with van der Waals surface area (Å²) in [6, 6.07) is 17.0. The summed E-state index contributed by atoms with van der Waals surface area (Å²) in [6.07, 6.45) is -1.33. The molecule has 0 unspecified atom stereocenters. The summed E-state index contributed by atoms with van der Waals surface area (Å²) in [5.74, 6) is -0.331. The molecule has 0 radical (unpaired) electrons. The summed E-state index contributed by atoms with van der Waals surface area (Å²) in [5, 5.41) is 13.0. The Bertz CT molecular complexity index is 711. The topological polar surface area (TPSA) is 66.4 Å². The van der Waals surface area contributed by atoms with E-state index in [2.05, 4.69) is 5.32 Å². The number of benzene rings is 2. The van der Waals surface area contributed by atoms with E-state index in [0.717, 1.165) is 11.8 Å². The first kappa shape index (κ1) is 19.2. The molecule has 4 nitrogen and oxygen atoms in total. The molecule has 2 rings (SSSR count). The Kier molecular flexibility index (Phi) is 6.39. The van der Waals surface area contributed by atoms with Gasteiger partial charge in [0.25, 0.3) is 5.91 Å². The number of carbonyl (C=O) groups excluding carboxylic acids is 2. The number of aliphatic hydroxyl groups is 1. The van der Waals surface area contributed by atoms with Gasteiger partial charge in [0, 0.05) is 10.3 Å². The van der Waals surface area contributed by atoms with Crippen molar-refractivity contribution in [3.63, 3.8) is 0 Å². The van der Waals surface area contributed by atoms with Crippen LogP contribution in [0.2, 0.25) is 0 Å². The highest BCUT2D eigenvalue weighted by molar-refractivity contribution is 8.14. The molecule has 2 aromatic carbocycles. The summed E-state index contributed by atoms with van der Waals surface area (Å²) in [5.41, 5.74) is 1.16. The van der Waals surface area contributed by atoms with Crippen LogP contribution >= 0.6 is 11.8 Å². The van der Waals surface area contributed by atoms with E-state index in [1.165, 1.54) is 0 Å². The molecule has 0 spiro atoms. The number of thioether (sulfide) groups is 1. The van der Waals surface area contributed by atoms with Crippen molar-refractivity contribution in [2.24, 2.45) is 0 Å². The number of rotatable bonds is 5. The molecule has 132 valence electrons. The summed E-state index contributed by atoms with van der Waals surface area (Å²) in [4.78, 5) is 25.0. The van der Waals surface area contributed by atoms with Crippen LogP contribution in [-0.2, 0) is 4.79 Å². The van der Waals surface area contributed by atoms with E-state index in [9.17, 15) is 14.7 Å². The second kappa shape index (κ2) is 8.32. The lowest BCUT2D eigenvalue weighted by atomic mass is 10.0. The van der Waals surface area contributed by atoms with Gasteiger partial charge in [0.2, 0.25) is 5.12 Å². The number of aliphatic hydroxyl groups excluding tert-OH is 1. The quantitative estimate of drug-likeness (QED) is 0.858.